The fraction of sp³-hybridized carbons (Fsp3) is 0.160. The maximum atomic E-state index is 12.5. The number of halogens is 1. The number of nitrogens with zero attached hydrogens (tertiary/aromatic N) is 3. The predicted molar refractivity (Wildman–Crippen MR) is 132 cm³/mol. The van der Waals surface area contributed by atoms with Crippen molar-refractivity contribution < 1.29 is 9.53 Å². The molecule has 0 atom stereocenters. The molecule has 33 heavy (non-hydrogen) atoms. The number of rotatable bonds is 8. The Labute approximate surface area is 202 Å². The Morgan fingerprint density at radius 3 is 2.52 bits per heavy atom. The zero-order chi connectivity index (χ0) is 23.2. The average molecular weight is 479 g/mol. The average Bonchev–Trinajstić information content (AvgIpc) is 3.26. The summed E-state index contributed by atoms with van der Waals surface area (Å²) in [5.41, 5.74) is 3.75. The number of hydrogen-bond donors (Lipinski definition) is 1. The molecule has 1 aromatic heterocycles. The first kappa shape index (κ1) is 22.9. The molecule has 0 unspecified atom stereocenters. The molecular formula is C25H23ClN4O2S. The number of ether oxygens (including phenoxy) is 1. The van der Waals surface area contributed by atoms with Gasteiger partial charge in [0, 0.05) is 17.8 Å². The van der Waals surface area contributed by atoms with E-state index in [1.165, 1.54) is 11.8 Å². The van der Waals surface area contributed by atoms with Gasteiger partial charge in [-0.1, -0.05) is 59.8 Å². The van der Waals surface area contributed by atoms with Crippen LogP contribution in [0.25, 0.3) is 17.1 Å². The van der Waals surface area contributed by atoms with Crippen molar-refractivity contribution in [2.75, 3.05) is 12.9 Å². The molecule has 0 bridgehead atoms. The second kappa shape index (κ2) is 10.6. The summed E-state index contributed by atoms with van der Waals surface area (Å²) in [6.45, 7) is 2.43. The van der Waals surface area contributed by atoms with Crippen LogP contribution in [0, 0.1) is 6.92 Å². The first-order chi connectivity index (χ1) is 16.0. The first-order valence-corrected chi connectivity index (χ1v) is 11.7. The van der Waals surface area contributed by atoms with E-state index in [2.05, 4.69) is 15.5 Å². The van der Waals surface area contributed by atoms with Crippen molar-refractivity contribution in [1.82, 2.24) is 20.1 Å². The van der Waals surface area contributed by atoms with Crippen LogP contribution in [0.4, 0.5) is 0 Å². The lowest BCUT2D eigenvalue weighted by molar-refractivity contribution is -0.118. The third kappa shape index (κ3) is 5.56. The van der Waals surface area contributed by atoms with Crippen LogP contribution in [0.15, 0.2) is 78.0 Å². The van der Waals surface area contributed by atoms with Crippen LogP contribution in [-0.2, 0) is 11.3 Å². The number of nitrogens with one attached hydrogen (secondary N) is 1. The molecule has 0 saturated carbocycles. The number of carbonyl (C=O) groups excluding carboxylic acids is 1. The van der Waals surface area contributed by atoms with Gasteiger partial charge >= 0.3 is 0 Å². The Balaban J connectivity index is 1.51. The third-order valence-electron chi connectivity index (χ3n) is 4.99. The maximum Gasteiger partial charge on any atom is 0.230 e. The topological polar surface area (TPSA) is 69.0 Å². The minimum absolute atomic E-state index is 0.0895. The van der Waals surface area contributed by atoms with Gasteiger partial charge in [-0.15, -0.1) is 10.2 Å². The minimum Gasteiger partial charge on any atom is -0.497 e. The van der Waals surface area contributed by atoms with E-state index in [1.54, 1.807) is 7.11 Å². The molecule has 4 aromatic rings. The van der Waals surface area contributed by atoms with Gasteiger partial charge in [-0.05, 0) is 54.4 Å². The van der Waals surface area contributed by atoms with E-state index >= 15 is 0 Å². The van der Waals surface area contributed by atoms with Crippen molar-refractivity contribution >= 4 is 29.3 Å². The van der Waals surface area contributed by atoms with Gasteiger partial charge in [-0.25, -0.2) is 0 Å². The molecule has 0 spiro atoms. The molecule has 3 aromatic carbocycles. The van der Waals surface area contributed by atoms with Gasteiger partial charge in [0.1, 0.15) is 5.75 Å². The summed E-state index contributed by atoms with van der Waals surface area (Å²) in [5, 5.41) is 12.9. The number of para-hydroxylation sites is 1. The number of thioether (sulfide) groups is 1. The smallest absolute Gasteiger partial charge is 0.230 e. The molecule has 0 aliphatic rings. The quantitative estimate of drug-likeness (QED) is 0.347. The molecule has 8 heteroatoms. The molecule has 1 N–H and O–H groups in total. The van der Waals surface area contributed by atoms with Crippen molar-refractivity contribution in [3.05, 3.63) is 88.9 Å². The molecule has 1 amide bonds. The van der Waals surface area contributed by atoms with E-state index in [-0.39, 0.29) is 11.7 Å². The van der Waals surface area contributed by atoms with Crippen molar-refractivity contribution in [3.8, 4) is 22.8 Å². The summed E-state index contributed by atoms with van der Waals surface area (Å²) >= 11 is 7.85. The van der Waals surface area contributed by atoms with Crippen molar-refractivity contribution in [2.45, 2.75) is 18.6 Å². The van der Waals surface area contributed by atoms with E-state index in [4.69, 9.17) is 16.3 Å². The highest BCUT2D eigenvalue weighted by atomic mass is 35.5. The highest BCUT2D eigenvalue weighted by Gasteiger charge is 2.19. The monoisotopic (exact) mass is 478 g/mol. The maximum absolute atomic E-state index is 12.5. The van der Waals surface area contributed by atoms with E-state index < -0.39 is 0 Å². The molecular weight excluding hydrogens is 456 g/mol. The van der Waals surface area contributed by atoms with Gasteiger partial charge in [0.25, 0.3) is 0 Å². The molecule has 0 aliphatic heterocycles. The zero-order valence-corrected chi connectivity index (χ0v) is 19.9. The molecule has 6 nitrogen and oxygen atoms in total. The normalized spacial score (nSPS) is 10.8. The molecule has 4 rings (SSSR count). The van der Waals surface area contributed by atoms with E-state index in [0.29, 0.717) is 22.5 Å². The molecule has 168 valence electrons. The number of carbonyl (C=O) groups is 1. The van der Waals surface area contributed by atoms with Crippen molar-refractivity contribution in [3.63, 3.8) is 0 Å². The number of hydrogen-bond acceptors (Lipinski definition) is 5. The van der Waals surface area contributed by atoms with Gasteiger partial charge in [0.15, 0.2) is 11.0 Å². The van der Waals surface area contributed by atoms with Crippen LogP contribution >= 0.6 is 23.4 Å². The summed E-state index contributed by atoms with van der Waals surface area (Å²) in [5.74, 6) is 1.54. The largest absolute Gasteiger partial charge is 0.497 e. The summed E-state index contributed by atoms with van der Waals surface area (Å²) in [7, 11) is 1.63. The van der Waals surface area contributed by atoms with Gasteiger partial charge in [-0.3, -0.25) is 9.36 Å². The molecule has 1 heterocycles. The Bertz CT molecular complexity index is 1240. The van der Waals surface area contributed by atoms with E-state index in [0.717, 1.165) is 28.1 Å². The van der Waals surface area contributed by atoms with Crippen molar-refractivity contribution in [1.29, 1.82) is 0 Å². The van der Waals surface area contributed by atoms with Crippen LogP contribution in [-0.4, -0.2) is 33.5 Å². The van der Waals surface area contributed by atoms with Crippen LogP contribution in [0.1, 0.15) is 11.1 Å². The summed E-state index contributed by atoms with van der Waals surface area (Å²) < 4.78 is 7.09. The van der Waals surface area contributed by atoms with Crippen LogP contribution in [0.2, 0.25) is 5.02 Å². The zero-order valence-electron chi connectivity index (χ0n) is 18.3. The SMILES string of the molecule is COc1ccc(CNC(=O)CSc2nnc(-c3ccc(C)cc3Cl)n2-c2ccccc2)cc1. The van der Waals surface area contributed by atoms with Gasteiger partial charge in [0.2, 0.25) is 5.91 Å². The molecule has 0 aliphatic carbocycles. The number of benzene rings is 3. The summed E-state index contributed by atoms with van der Waals surface area (Å²) in [6, 6.07) is 23.2. The number of aryl methyl sites for hydroxylation is 1. The minimum atomic E-state index is -0.0895. The number of amides is 1. The fourth-order valence-electron chi connectivity index (χ4n) is 3.27. The number of aromatic nitrogens is 3. The van der Waals surface area contributed by atoms with Crippen molar-refractivity contribution in [2.24, 2.45) is 0 Å². The standard InChI is InChI=1S/C25H23ClN4O2S/c1-17-8-13-21(22(26)14-17)24-28-29-25(30(24)19-6-4-3-5-7-19)33-16-23(31)27-15-18-9-11-20(32-2)12-10-18/h3-14H,15-16H2,1-2H3,(H,27,31). The Morgan fingerprint density at radius 2 is 1.82 bits per heavy atom. The van der Waals surface area contributed by atoms with E-state index in [1.807, 2.05) is 84.3 Å². The lowest BCUT2D eigenvalue weighted by Crippen LogP contribution is -2.24. The Morgan fingerprint density at radius 1 is 1.06 bits per heavy atom. The molecule has 0 fully saturated rings. The highest BCUT2D eigenvalue weighted by Crippen LogP contribution is 2.32. The predicted octanol–water partition coefficient (Wildman–Crippen LogP) is 5.31. The van der Waals surface area contributed by atoms with Crippen LogP contribution in [0.3, 0.4) is 0 Å². The van der Waals surface area contributed by atoms with E-state index in [9.17, 15) is 4.79 Å². The summed E-state index contributed by atoms with van der Waals surface area (Å²) in [6.07, 6.45) is 0. The third-order valence-corrected chi connectivity index (χ3v) is 6.24. The molecule has 0 radical (unpaired) electrons. The Hall–Kier alpha value is -3.29. The second-order valence-electron chi connectivity index (χ2n) is 7.37. The molecule has 0 saturated heterocycles. The lowest BCUT2D eigenvalue weighted by Gasteiger charge is -2.11. The lowest BCUT2D eigenvalue weighted by atomic mass is 10.1. The highest BCUT2D eigenvalue weighted by molar-refractivity contribution is 7.99. The summed E-state index contributed by atoms with van der Waals surface area (Å²) in [4.78, 5) is 12.5. The first-order valence-electron chi connectivity index (χ1n) is 10.3. The van der Waals surface area contributed by atoms with Gasteiger partial charge in [0.05, 0.1) is 17.9 Å². The van der Waals surface area contributed by atoms with Gasteiger partial charge in [-0.2, -0.15) is 0 Å². The van der Waals surface area contributed by atoms with Crippen LogP contribution < -0.4 is 10.1 Å². The van der Waals surface area contributed by atoms with Crippen LogP contribution in [0.5, 0.6) is 5.75 Å². The fourth-order valence-corrected chi connectivity index (χ4v) is 4.38. The van der Waals surface area contributed by atoms with Gasteiger partial charge < -0.3 is 10.1 Å². The second-order valence-corrected chi connectivity index (χ2v) is 8.72. The Kier molecular flexibility index (Phi) is 7.32. The number of methoxy groups -OCH3 is 1.